The molecule has 0 spiro atoms. The second-order valence-electron chi connectivity index (χ2n) is 4.17. The van der Waals surface area contributed by atoms with Gasteiger partial charge in [0, 0.05) is 12.6 Å². The molecule has 0 amide bonds. The van der Waals surface area contributed by atoms with Crippen LogP contribution in [0.5, 0.6) is 0 Å². The normalized spacial score (nSPS) is 23.9. The molecule has 8 heteroatoms. The molecular formula is C9H16N4O3S. The van der Waals surface area contributed by atoms with E-state index in [1.165, 1.54) is 0 Å². The van der Waals surface area contributed by atoms with Gasteiger partial charge in [0.05, 0.1) is 18.1 Å². The average molecular weight is 260 g/mol. The maximum Gasteiger partial charge on any atom is 0.318 e. The molecule has 0 bridgehead atoms. The van der Waals surface area contributed by atoms with Crippen LogP contribution in [0, 0.1) is 0 Å². The highest BCUT2D eigenvalue weighted by Gasteiger charge is 2.31. The standard InChI is InChI=1S/C9H16N4O3S/c1-7-6-17(14,15)4-3-13(7)9-12-11-8(16-9)5-10-2/h7,10H,3-6H2,1-2H3. The van der Waals surface area contributed by atoms with Crippen molar-refractivity contribution in [3.8, 4) is 0 Å². The lowest BCUT2D eigenvalue weighted by Crippen LogP contribution is -2.47. The highest BCUT2D eigenvalue weighted by atomic mass is 32.2. The Labute approximate surface area is 100 Å². The minimum Gasteiger partial charge on any atom is -0.407 e. The van der Waals surface area contributed by atoms with Crippen molar-refractivity contribution in [2.75, 3.05) is 30.0 Å². The Morgan fingerprint density at radius 1 is 1.53 bits per heavy atom. The minimum absolute atomic E-state index is 0.128. The Kier molecular flexibility index (Phi) is 3.34. The zero-order valence-corrected chi connectivity index (χ0v) is 10.7. The van der Waals surface area contributed by atoms with Gasteiger partial charge in [-0.3, -0.25) is 0 Å². The van der Waals surface area contributed by atoms with Crippen molar-refractivity contribution in [2.24, 2.45) is 0 Å². The molecule has 0 saturated carbocycles. The van der Waals surface area contributed by atoms with Crippen LogP contribution in [0.15, 0.2) is 4.42 Å². The number of nitrogens with zero attached hydrogens (tertiary/aromatic N) is 3. The molecule has 1 saturated heterocycles. The van der Waals surface area contributed by atoms with Gasteiger partial charge >= 0.3 is 6.01 Å². The largest absolute Gasteiger partial charge is 0.407 e. The zero-order chi connectivity index (χ0) is 12.5. The van der Waals surface area contributed by atoms with Gasteiger partial charge in [-0.1, -0.05) is 5.10 Å². The van der Waals surface area contributed by atoms with Crippen LogP contribution in [0.3, 0.4) is 0 Å². The summed E-state index contributed by atoms with van der Waals surface area (Å²) in [6.45, 7) is 2.76. The van der Waals surface area contributed by atoms with Crippen molar-refractivity contribution in [3.05, 3.63) is 5.89 Å². The van der Waals surface area contributed by atoms with Gasteiger partial charge in [-0.15, -0.1) is 5.10 Å². The molecule has 1 atom stereocenters. The maximum atomic E-state index is 11.4. The SMILES string of the molecule is CNCc1nnc(N2CCS(=O)(=O)CC2C)o1. The van der Waals surface area contributed by atoms with E-state index in [4.69, 9.17) is 4.42 Å². The highest BCUT2D eigenvalue weighted by Crippen LogP contribution is 2.19. The Balaban J connectivity index is 2.12. The van der Waals surface area contributed by atoms with Crippen LogP contribution in [0.4, 0.5) is 6.01 Å². The first-order valence-electron chi connectivity index (χ1n) is 5.46. The molecule has 2 heterocycles. The number of aromatic nitrogens is 2. The molecule has 1 N–H and O–H groups in total. The van der Waals surface area contributed by atoms with E-state index in [2.05, 4.69) is 15.5 Å². The van der Waals surface area contributed by atoms with Crippen molar-refractivity contribution >= 4 is 15.9 Å². The van der Waals surface area contributed by atoms with Gasteiger partial charge in [0.1, 0.15) is 0 Å². The summed E-state index contributed by atoms with van der Waals surface area (Å²) >= 11 is 0. The lowest BCUT2D eigenvalue weighted by atomic mass is 10.3. The third-order valence-corrected chi connectivity index (χ3v) is 4.50. The maximum absolute atomic E-state index is 11.4. The second-order valence-corrected chi connectivity index (χ2v) is 6.39. The lowest BCUT2D eigenvalue weighted by molar-refractivity contribution is 0.458. The number of sulfone groups is 1. The van der Waals surface area contributed by atoms with Gasteiger partial charge < -0.3 is 14.6 Å². The van der Waals surface area contributed by atoms with E-state index in [1.54, 1.807) is 7.05 Å². The van der Waals surface area contributed by atoms with Crippen LogP contribution in [0.1, 0.15) is 12.8 Å². The van der Waals surface area contributed by atoms with Crippen molar-refractivity contribution < 1.29 is 12.8 Å². The smallest absolute Gasteiger partial charge is 0.318 e. The van der Waals surface area contributed by atoms with Crippen LogP contribution >= 0.6 is 0 Å². The molecule has 17 heavy (non-hydrogen) atoms. The quantitative estimate of drug-likeness (QED) is 0.777. The summed E-state index contributed by atoms with van der Waals surface area (Å²) in [5.41, 5.74) is 0. The fraction of sp³-hybridized carbons (Fsp3) is 0.778. The predicted octanol–water partition coefficient (Wildman–Crippen LogP) is -0.588. The van der Waals surface area contributed by atoms with Crippen molar-refractivity contribution in [1.82, 2.24) is 15.5 Å². The molecule has 1 aromatic rings. The van der Waals surface area contributed by atoms with E-state index in [9.17, 15) is 8.42 Å². The summed E-state index contributed by atoms with van der Waals surface area (Å²) in [6, 6.07) is 0.272. The fourth-order valence-corrected chi connectivity index (χ4v) is 3.42. The summed E-state index contributed by atoms with van der Waals surface area (Å²) in [5.74, 6) is 0.779. The monoisotopic (exact) mass is 260 g/mol. The summed E-state index contributed by atoms with van der Waals surface area (Å²) in [6.07, 6.45) is 0. The summed E-state index contributed by atoms with van der Waals surface area (Å²) in [7, 11) is -1.13. The van der Waals surface area contributed by atoms with E-state index in [1.807, 2.05) is 11.8 Å². The molecular weight excluding hydrogens is 244 g/mol. The van der Waals surface area contributed by atoms with Gasteiger partial charge in [0.2, 0.25) is 5.89 Å². The lowest BCUT2D eigenvalue weighted by Gasteiger charge is -2.31. The van der Waals surface area contributed by atoms with E-state index in [0.29, 0.717) is 25.0 Å². The van der Waals surface area contributed by atoms with E-state index >= 15 is 0 Å². The molecule has 2 rings (SSSR count). The van der Waals surface area contributed by atoms with Crippen LogP contribution in [0.2, 0.25) is 0 Å². The second kappa shape index (κ2) is 4.61. The van der Waals surface area contributed by atoms with Crippen molar-refractivity contribution in [1.29, 1.82) is 0 Å². The molecule has 1 aromatic heterocycles. The van der Waals surface area contributed by atoms with Crippen molar-refractivity contribution in [2.45, 2.75) is 19.5 Å². The van der Waals surface area contributed by atoms with Gasteiger partial charge in [0.25, 0.3) is 0 Å². The minimum atomic E-state index is -2.92. The number of rotatable bonds is 3. The third kappa shape index (κ3) is 2.75. The molecule has 96 valence electrons. The third-order valence-electron chi connectivity index (χ3n) is 2.70. The first-order valence-corrected chi connectivity index (χ1v) is 7.28. The predicted molar refractivity (Wildman–Crippen MR) is 62.5 cm³/mol. The van der Waals surface area contributed by atoms with Gasteiger partial charge in [-0.25, -0.2) is 8.42 Å². The molecule has 0 radical (unpaired) electrons. The van der Waals surface area contributed by atoms with Gasteiger partial charge in [0.15, 0.2) is 9.84 Å². The van der Waals surface area contributed by atoms with Gasteiger partial charge in [-0.05, 0) is 14.0 Å². The number of anilines is 1. The Bertz CT molecular complexity index is 484. The first kappa shape index (κ1) is 12.3. The van der Waals surface area contributed by atoms with Gasteiger partial charge in [-0.2, -0.15) is 0 Å². The topological polar surface area (TPSA) is 88.3 Å². The zero-order valence-electron chi connectivity index (χ0n) is 9.88. The summed E-state index contributed by atoms with van der Waals surface area (Å²) in [4.78, 5) is 1.84. The van der Waals surface area contributed by atoms with Crippen LogP contribution < -0.4 is 10.2 Å². The Morgan fingerprint density at radius 2 is 2.29 bits per heavy atom. The summed E-state index contributed by atoms with van der Waals surface area (Å²) in [5, 5.41) is 10.7. The van der Waals surface area contributed by atoms with Crippen LogP contribution in [-0.2, 0) is 16.4 Å². The van der Waals surface area contributed by atoms with Crippen LogP contribution in [0.25, 0.3) is 0 Å². The summed E-state index contributed by atoms with van der Waals surface area (Å²) < 4.78 is 28.3. The number of hydrogen-bond donors (Lipinski definition) is 1. The number of nitrogens with one attached hydrogen (secondary N) is 1. The molecule has 1 aliphatic rings. The van der Waals surface area contributed by atoms with Crippen molar-refractivity contribution in [3.63, 3.8) is 0 Å². The average Bonchev–Trinajstić information content (AvgIpc) is 2.65. The molecule has 1 unspecified atom stereocenters. The molecule has 0 aliphatic carbocycles. The van der Waals surface area contributed by atoms with E-state index < -0.39 is 9.84 Å². The highest BCUT2D eigenvalue weighted by molar-refractivity contribution is 7.91. The van der Waals surface area contributed by atoms with E-state index in [0.717, 1.165) is 0 Å². The molecule has 0 aromatic carbocycles. The molecule has 1 fully saturated rings. The molecule has 1 aliphatic heterocycles. The number of hydrogen-bond acceptors (Lipinski definition) is 7. The Hall–Kier alpha value is -1.15. The molecule has 7 nitrogen and oxygen atoms in total. The van der Waals surface area contributed by atoms with Crippen LogP contribution in [-0.4, -0.2) is 49.8 Å². The Morgan fingerprint density at radius 3 is 2.94 bits per heavy atom. The van der Waals surface area contributed by atoms with E-state index in [-0.39, 0.29) is 17.5 Å². The first-order chi connectivity index (χ1) is 8.02. The fourth-order valence-electron chi connectivity index (χ4n) is 1.87.